The minimum absolute atomic E-state index is 0.0666. The summed E-state index contributed by atoms with van der Waals surface area (Å²) < 4.78 is 12.5. The zero-order valence-electron chi connectivity index (χ0n) is 12.0. The number of non-ortho nitro benzene ring substituents is 1. The van der Waals surface area contributed by atoms with Gasteiger partial charge in [0, 0.05) is 30.3 Å². The summed E-state index contributed by atoms with van der Waals surface area (Å²) in [6.07, 6.45) is 1.26. The van der Waals surface area contributed by atoms with Crippen molar-refractivity contribution >= 4 is 39.6 Å². The number of carbonyl (C=O) groups is 1. The summed E-state index contributed by atoms with van der Waals surface area (Å²) in [5.74, 6) is -1.08. The minimum atomic E-state index is -1.19. The third-order valence-electron chi connectivity index (χ3n) is 3.15. The number of aromatic nitrogens is 2. The molecule has 0 radical (unpaired) electrons. The zero-order valence-corrected chi connectivity index (χ0v) is 13.5. The van der Waals surface area contributed by atoms with Crippen molar-refractivity contribution in [3.8, 4) is 0 Å². The molecule has 3 N–H and O–H groups in total. The first-order valence-electron chi connectivity index (χ1n) is 6.48. The lowest BCUT2D eigenvalue weighted by molar-refractivity contribution is -0.384. The highest BCUT2D eigenvalue weighted by atomic mass is 35.5. The molecule has 0 aliphatic carbocycles. The van der Waals surface area contributed by atoms with Crippen LogP contribution in [0.4, 0.5) is 5.69 Å². The summed E-state index contributed by atoms with van der Waals surface area (Å²) in [5.41, 5.74) is 6.07. The third-order valence-corrected chi connectivity index (χ3v) is 4.11. The Morgan fingerprint density at radius 1 is 1.46 bits per heavy atom. The van der Waals surface area contributed by atoms with Crippen molar-refractivity contribution in [2.75, 3.05) is 0 Å². The first-order chi connectivity index (χ1) is 11.3. The Kier molecular flexibility index (Phi) is 5.44. The summed E-state index contributed by atoms with van der Waals surface area (Å²) in [5, 5.41) is 19.5. The monoisotopic (exact) mass is 370 g/mol. The molecule has 0 saturated carbocycles. The Morgan fingerprint density at radius 3 is 2.58 bits per heavy atom. The number of hydrogen-bond acceptors (Lipinski definition) is 6. The lowest BCUT2D eigenvalue weighted by Crippen LogP contribution is -2.32. The number of nitrogens with zero attached hydrogens (tertiary/aromatic N) is 3. The molecule has 1 unspecified atom stereocenters. The van der Waals surface area contributed by atoms with Crippen molar-refractivity contribution in [2.24, 2.45) is 5.73 Å². The summed E-state index contributed by atoms with van der Waals surface area (Å²) in [6.45, 7) is 0. The number of carboxylic acid groups (broad SMARTS) is 1. The van der Waals surface area contributed by atoms with Gasteiger partial charge < -0.3 is 10.8 Å². The SMILES string of the molecule is NC(Cc1cnc(C(=S=O)c2ccc([N+](=O)[O-])cc2)n1Cl)C(=O)O. The number of hydrogen-bond donors (Lipinski definition) is 2. The van der Waals surface area contributed by atoms with E-state index in [4.69, 9.17) is 22.6 Å². The lowest BCUT2D eigenvalue weighted by atomic mass is 10.1. The van der Waals surface area contributed by atoms with Gasteiger partial charge in [-0.15, -0.1) is 0 Å². The van der Waals surface area contributed by atoms with Crippen LogP contribution >= 0.6 is 11.8 Å². The maximum absolute atomic E-state index is 11.5. The van der Waals surface area contributed by atoms with E-state index in [1.54, 1.807) is 0 Å². The first kappa shape index (κ1) is 17.8. The Balaban J connectivity index is 2.35. The average Bonchev–Trinajstić information content (AvgIpc) is 2.90. The largest absolute Gasteiger partial charge is 0.480 e. The fourth-order valence-corrected chi connectivity index (χ4v) is 2.66. The molecule has 1 aromatic heterocycles. The quantitative estimate of drug-likeness (QED) is 0.327. The van der Waals surface area contributed by atoms with Crippen molar-refractivity contribution in [1.29, 1.82) is 0 Å². The van der Waals surface area contributed by atoms with Gasteiger partial charge in [0.15, 0.2) is 5.82 Å². The summed E-state index contributed by atoms with van der Waals surface area (Å²) in [6, 6.07) is 4.18. The summed E-state index contributed by atoms with van der Waals surface area (Å²) in [4.78, 5) is 25.1. The van der Waals surface area contributed by atoms with Crippen molar-refractivity contribution < 1.29 is 19.0 Å². The van der Waals surface area contributed by atoms with E-state index < -0.39 is 16.9 Å². The molecule has 24 heavy (non-hydrogen) atoms. The molecule has 9 nitrogen and oxygen atoms in total. The number of rotatable bonds is 6. The van der Waals surface area contributed by atoms with E-state index in [1.807, 2.05) is 0 Å². The molecule has 2 rings (SSSR count). The molecule has 1 aromatic carbocycles. The van der Waals surface area contributed by atoms with Gasteiger partial charge in [0.2, 0.25) is 0 Å². The van der Waals surface area contributed by atoms with Gasteiger partial charge in [-0.3, -0.25) is 14.9 Å². The first-order valence-corrected chi connectivity index (χ1v) is 7.56. The van der Waals surface area contributed by atoms with Crippen molar-refractivity contribution in [3.63, 3.8) is 0 Å². The van der Waals surface area contributed by atoms with E-state index >= 15 is 0 Å². The molecular formula is C13H11ClN4O5S. The molecule has 0 amide bonds. The van der Waals surface area contributed by atoms with Crippen LogP contribution in [0.25, 0.3) is 0 Å². The van der Waals surface area contributed by atoms with Gasteiger partial charge in [0.1, 0.15) is 22.2 Å². The molecule has 2 aromatic rings. The lowest BCUT2D eigenvalue weighted by Gasteiger charge is -2.07. The van der Waals surface area contributed by atoms with Crippen LogP contribution in [0.2, 0.25) is 0 Å². The van der Waals surface area contributed by atoms with E-state index in [0.29, 0.717) is 11.3 Å². The molecule has 0 fully saturated rings. The van der Waals surface area contributed by atoms with Crippen molar-refractivity contribution in [1.82, 2.24) is 9.07 Å². The van der Waals surface area contributed by atoms with Gasteiger partial charge in [0.25, 0.3) is 5.69 Å². The fraction of sp³-hybridized carbons (Fsp3) is 0.154. The van der Waals surface area contributed by atoms with E-state index in [9.17, 15) is 19.1 Å². The van der Waals surface area contributed by atoms with Crippen molar-refractivity contribution in [3.05, 3.63) is 57.7 Å². The maximum Gasteiger partial charge on any atom is 0.320 e. The summed E-state index contributed by atoms with van der Waals surface area (Å²) >= 11 is 6.23. The number of carboxylic acids is 1. The minimum Gasteiger partial charge on any atom is -0.480 e. The standard InChI is InChI=1S/C13H11ClN4O5S/c14-17-9(5-10(15)13(19)20)6-16-12(17)11(24-23)7-1-3-8(4-2-7)18(21)22/h1-4,6,10H,5,15H2,(H,19,20). The van der Waals surface area contributed by atoms with Gasteiger partial charge in [-0.2, -0.15) is 0 Å². The molecule has 0 saturated heterocycles. The molecule has 0 aliphatic heterocycles. The molecule has 11 heteroatoms. The van der Waals surface area contributed by atoms with Crippen LogP contribution in [0.1, 0.15) is 17.1 Å². The van der Waals surface area contributed by atoms with Gasteiger partial charge in [-0.25, -0.2) is 13.3 Å². The van der Waals surface area contributed by atoms with E-state index in [1.165, 1.54) is 30.5 Å². The van der Waals surface area contributed by atoms with Gasteiger partial charge >= 0.3 is 5.97 Å². The van der Waals surface area contributed by atoms with E-state index in [2.05, 4.69) is 4.98 Å². The van der Waals surface area contributed by atoms with Gasteiger partial charge in [-0.1, -0.05) is 0 Å². The Morgan fingerprint density at radius 2 is 2.08 bits per heavy atom. The van der Waals surface area contributed by atoms with Crippen LogP contribution in [0.3, 0.4) is 0 Å². The number of benzene rings is 1. The Labute approximate surface area is 144 Å². The smallest absolute Gasteiger partial charge is 0.320 e. The van der Waals surface area contributed by atoms with Gasteiger partial charge in [0.05, 0.1) is 16.8 Å². The number of nitro groups is 1. The van der Waals surface area contributed by atoms with Crippen LogP contribution in [0.15, 0.2) is 30.5 Å². The highest BCUT2D eigenvalue weighted by Crippen LogP contribution is 2.17. The highest BCUT2D eigenvalue weighted by Gasteiger charge is 2.20. The predicted octanol–water partition coefficient (Wildman–Crippen LogP) is 0.529. The summed E-state index contributed by atoms with van der Waals surface area (Å²) in [7, 11) is 0. The van der Waals surface area contributed by atoms with Crippen LogP contribution in [-0.2, 0) is 22.5 Å². The number of nitro benzene ring substituents is 1. The average molecular weight is 371 g/mol. The second-order valence-corrected chi connectivity index (χ2v) is 5.63. The number of nitrogens with two attached hydrogens (primary N) is 1. The van der Waals surface area contributed by atoms with Crippen LogP contribution in [0.5, 0.6) is 0 Å². The number of imidazole rings is 1. The second kappa shape index (κ2) is 7.34. The van der Waals surface area contributed by atoms with Crippen molar-refractivity contribution in [2.45, 2.75) is 12.5 Å². The van der Waals surface area contributed by atoms with Crippen LogP contribution < -0.4 is 5.73 Å². The Bertz CT molecular complexity index is 845. The number of halogens is 1. The van der Waals surface area contributed by atoms with E-state index in [0.717, 1.165) is 4.09 Å². The fourth-order valence-electron chi connectivity index (χ4n) is 1.92. The maximum atomic E-state index is 11.5. The third kappa shape index (κ3) is 3.67. The van der Waals surface area contributed by atoms with E-state index in [-0.39, 0.29) is 34.1 Å². The molecular weight excluding hydrogens is 360 g/mol. The van der Waals surface area contributed by atoms with Crippen LogP contribution in [-0.4, -0.2) is 40.2 Å². The molecule has 0 bridgehead atoms. The van der Waals surface area contributed by atoms with Crippen LogP contribution in [0, 0.1) is 10.1 Å². The second-order valence-electron chi connectivity index (χ2n) is 4.72. The predicted molar refractivity (Wildman–Crippen MR) is 87.2 cm³/mol. The molecule has 0 aliphatic rings. The Hall–Kier alpha value is -2.56. The normalized spacial score (nSPS) is 11.8. The number of aliphatic carboxylic acids is 1. The topological polar surface area (TPSA) is 141 Å². The molecule has 0 spiro atoms. The molecule has 1 atom stereocenters. The molecule has 126 valence electrons. The zero-order chi connectivity index (χ0) is 17.9. The highest BCUT2D eigenvalue weighted by molar-refractivity contribution is 7.67. The molecule has 1 heterocycles. The van der Waals surface area contributed by atoms with Gasteiger partial charge in [-0.05, 0) is 17.7 Å².